The predicted molar refractivity (Wildman–Crippen MR) is 121 cm³/mol. The number of guanidine groups is 1. The molecule has 2 N–H and O–H groups in total. The molecule has 0 aromatic heterocycles. The molecule has 152 valence electrons. The zero-order valence-corrected chi connectivity index (χ0v) is 18.7. The van der Waals surface area contributed by atoms with Gasteiger partial charge in [-0.15, -0.1) is 24.0 Å². The van der Waals surface area contributed by atoms with Crippen LogP contribution in [-0.2, 0) is 22.6 Å². The highest BCUT2D eigenvalue weighted by Crippen LogP contribution is 2.18. The minimum absolute atomic E-state index is 0. The molecule has 6 heteroatoms. The van der Waals surface area contributed by atoms with Crippen molar-refractivity contribution in [3.8, 4) is 0 Å². The Morgan fingerprint density at radius 1 is 1.15 bits per heavy atom. The second-order valence-corrected chi connectivity index (χ2v) is 7.26. The van der Waals surface area contributed by atoms with Gasteiger partial charge in [0.2, 0.25) is 0 Å². The van der Waals surface area contributed by atoms with Crippen molar-refractivity contribution in [3.63, 3.8) is 0 Å². The lowest BCUT2D eigenvalue weighted by Crippen LogP contribution is -2.42. The van der Waals surface area contributed by atoms with E-state index in [9.17, 15) is 0 Å². The summed E-state index contributed by atoms with van der Waals surface area (Å²) >= 11 is 0. The third-order valence-corrected chi connectivity index (χ3v) is 5.11. The molecule has 1 heterocycles. The van der Waals surface area contributed by atoms with Crippen molar-refractivity contribution in [2.45, 2.75) is 70.7 Å². The molecule has 3 rings (SSSR count). The number of aliphatic imine (C=N–C) groups is 1. The summed E-state index contributed by atoms with van der Waals surface area (Å²) < 4.78 is 11.4. The highest BCUT2D eigenvalue weighted by molar-refractivity contribution is 14.0. The van der Waals surface area contributed by atoms with Gasteiger partial charge < -0.3 is 20.1 Å². The average Bonchev–Trinajstić information content (AvgIpc) is 3.19. The van der Waals surface area contributed by atoms with Crippen molar-refractivity contribution in [1.29, 1.82) is 0 Å². The summed E-state index contributed by atoms with van der Waals surface area (Å²) in [5.74, 6) is 0.934. The van der Waals surface area contributed by atoms with Crippen LogP contribution in [0.4, 0.5) is 0 Å². The lowest BCUT2D eigenvalue weighted by Gasteiger charge is -2.22. The highest BCUT2D eigenvalue weighted by atomic mass is 127. The molecule has 0 radical (unpaired) electrons. The Labute approximate surface area is 180 Å². The number of ether oxygens (including phenoxy) is 2. The Bertz CT molecular complexity index is 570. The van der Waals surface area contributed by atoms with Crippen molar-refractivity contribution < 1.29 is 9.47 Å². The van der Waals surface area contributed by atoms with Gasteiger partial charge in [0.05, 0.1) is 19.3 Å². The van der Waals surface area contributed by atoms with Gasteiger partial charge in [-0.25, -0.2) is 4.99 Å². The summed E-state index contributed by atoms with van der Waals surface area (Å²) in [7, 11) is 0. The fourth-order valence-electron chi connectivity index (χ4n) is 3.63. The zero-order chi connectivity index (χ0) is 18.0. The van der Waals surface area contributed by atoms with Crippen LogP contribution >= 0.6 is 24.0 Å². The first kappa shape index (κ1) is 22.4. The fraction of sp³-hybridized carbons (Fsp3) is 0.667. The minimum atomic E-state index is 0. The molecule has 0 bridgehead atoms. The van der Waals surface area contributed by atoms with Crippen molar-refractivity contribution >= 4 is 29.9 Å². The molecule has 1 saturated heterocycles. The van der Waals surface area contributed by atoms with Crippen LogP contribution in [0.15, 0.2) is 29.3 Å². The van der Waals surface area contributed by atoms with Crippen molar-refractivity contribution in [1.82, 2.24) is 10.6 Å². The van der Waals surface area contributed by atoms with E-state index in [0.29, 0.717) is 25.3 Å². The Morgan fingerprint density at radius 3 is 2.63 bits per heavy atom. The first-order valence-electron chi connectivity index (χ1n) is 10.2. The standard InChI is InChI=1S/C21H33N3O2.HI/c1-2-22-21(24-19-8-3-4-9-19)23-15-17-6-5-7-18(14-17)16-26-20-10-12-25-13-11-20;/h5-7,14,19-20H,2-4,8-13,15-16H2,1H3,(H2,22,23,24);1H. The molecule has 1 aromatic carbocycles. The Kier molecular flexibility index (Phi) is 10.4. The van der Waals surface area contributed by atoms with E-state index in [0.717, 1.165) is 38.6 Å². The molecule has 2 fully saturated rings. The van der Waals surface area contributed by atoms with Gasteiger partial charge in [0.1, 0.15) is 0 Å². The van der Waals surface area contributed by atoms with E-state index in [4.69, 9.17) is 14.5 Å². The highest BCUT2D eigenvalue weighted by Gasteiger charge is 2.16. The number of halogens is 1. The summed E-state index contributed by atoms with van der Waals surface area (Å²) in [4.78, 5) is 4.78. The molecular weight excluding hydrogens is 453 g/mol. The van der Waals surface area contributed by atoms with E-state index in [1.54, 1.807) is 0 Å². The summed E-state index contributed by atoms with van der Waals surface area (Å²) in [6, 6.07) is 9.16. The Hall–Kier alpha value is -0.860. The first-order valence-corrected chi connectivity index (χ1v) is 10.2. The number of hydrogen-bond donors (Lipinski definition) is 2. The summed E-state index contributed by atoms with van der Waals surface area (Å²) in [5, 5.41) is 6.94. The first-order chi connectivity index (χ1) is 12.8. The summed E-state index contributed by atoms with van der Waals surface area (Å²) in [6.45, 7) is 5.99. The molecule has 1 aliphatic carbocycles. The number of benzene rings is 1. The SMILES string of the molecule is CCNC(=NCc1cccc(COC2CCOCC2)c1)NC1CCCC1.I. The Morgan fingerprint density at radius 2 is 1.89 bits per heavy atom. The molecule has 1 aromatic rings. The average molecular weight is 487 g/mol. The third kappa shape index (κ3) is 7.95. The monoisotopic (exact) mass is 487 g/mol. The van der Waals surface area contributed by atoms with E-state index in [1.165, 1.54) is 36.8 Å². The van der Waals surface area contributed by atoms with E-state index in [2.05, 4.69) is 41.8 Å². The zero-order valence-electron chi connectivity index (χ0n) is 16.4. The van der Waals surface area contributed by atoms with E-state index in [-0.39, 0.29) is 24.0 Å². The minimum Gasteiger partial charge on any atom is -0.381 e. The van der Waals surface area contributed by atoms with Gasteiger partial charge >= 0.3 is 0 Å². The Balaban J connectivity index is 0.00000261. The second-order valence-electron chi connectivity index (χ2n) is 7.26. The van der Waals surface area contributed by atoms with Crippen LogP contribution in [0.3, 0.4) is 0 Å². The van der Waals surface area contributed by atoms with Crippen LogP contribution in [0.5, 0.6) is 0 Å². The van der Waals surface area contributed by atoms with Gasteiger partial charge in [0.25, 0.3) is 0 Å². The van der Waals surface area contributed by atoms with Gasteiger partial charge in [-0.2, -0.15) is 0 Å². The summed E-state index contributed by atoms with van der Waals surface area (Å²) in [5.41, 5.74) is 2.44. The largest absolute Gasteiger partial charge is 0.381 e. The lowest BCUT2D eigenvalue weighted by atomic mass is 10.1. The number of nitrogens with one attached hydrogen (secondary N) is 2. The number of nitrogens with zero attached hydrogens (tertiary/aromatic N) is 1. The van der Waals surface area contributed by atoms with E-state index < -0.39 is 0 Å². The van der Waals surface area contributed by atoms with E-state index in [1.807, 2.05) is 0 Å². The molecule has 1 aliphatic heterocycles. The van der Waals surface area contributed by atoms with Crippen LogP contribution in [0.1, 0.15) is 56.6 Å². The summed E-state index contributed by atoms with van der Waals surface area (Å²) in [6.07, 6.45) is 7.50. The molecule has 0 amide bonds. The lowest BCUT2D eigenvalue weighted by molar-refractivity contribution is -0.0390. The maximum Gasteiger partial charge on any atom is 0.191 e. The van der Waals surface area contributed by atoms with Crippen LogP contribution in [-0.4, -0.2) is 37.9 Å². The van der Waals surface area contributed by atoms with Gasteiger partial charge in [0.15, 0.2) is 5.96 Å². The van der Waals surface area contributed by atoms with Crippen LogP contribution in [0.2, 0.25) is 0 Å². The molecule has 1 saturated carbocycles. The maximum absolute atomic E-state index is 6.04. The predicted octanol–water partition coefficient (Wildman–Crippen LogP) is 4.00. The van der Waals surface area contributed by atoms with Crippen molar-refractivity contribution in [2.24, 2.45) is 4.99 Å². The number of hydrogen-bond acceptors (Lipinski definition) is 3. The van der Waals surface area contributed by atoms with Gasteiger partial charge in [-0.05, 0) is 43.7 Å². The normalized spacial score (nSPS) is 18.9. The van der Waals surface area contributed by atoms with Gasteiger partial charge in [-0.1, -0.05) is 37.1 Å². The van der Waals surface area contributed by atoms with Crippen molar-refractivity contribution in [2.75, 3.05) is 19.8 Å². The van der Waals surface area contributed by atoms with Gasteiger partial charge in [-0.3, -0.25) is 0 Å². The van der Waals surface area contributed by atoms with Crippen LogP contribution < -0.4 is 10.6 Å². The molecule has 5 nitrogen and oxygen atoms in total. The van der Waals surface area contributed by atoms with Crippen LogP contribution in [0.25, 0.3) is 0 Å². The fourth-order valence-corrected chi connectivity index (χ4v) is 3.63. The number of rotatable bonds is 7. The maximum atomic E-state index is 6.04. The third-order valence-electron chi connectivity index (χ3n) is 5.11. The van der Waals surface area contributed by atoms with Gasteiger partial charge in [0, 0.05) is 25.8 Å². The molecular formula is C21H34IN3O2. The molecule has 0 spiro atoms. The second kappa shape index (κ2) is 12.6. The topological polar surface area (TPSA) is 54.9 Å². The van der Waals surface area contributed by atoms with Crippen LogP contribution in [0, 0.1) is 0 Å². The smallest absolute Gasteiger partial charge is 0.191 e. The molecule has 0 atom stereocenters. The molecule has 0 unspecified atom stereocenters. The molecule has 2 aliphatic rings. The van der Waals surface area contributed by atoms with Crippen molar-refractivity contribution in [3.05, 3.63) is 35.4 Å². The quantitative estimate of drug-likeness (QED) is 0.347. The molecule has 27 heavy (non-hydrogen) atoms. The van der Waals surface area contributed by atoms with E-state index >= 15 is 0 Å².